The molecule has 1 aliphatic rings. The Morgan fingerprint density at radius 1 is 1.60 bits per heavy atom. The van der Waals surface area contributed by atoms with Crippen LogP contribution in [0.1, 0.15) is 18.0 Å². The van der Waals surface area contributed by atoms with Crippen molar-refractivity contribution in [3.63, 3.8) is 0 Å². The van der Waals surface area contributed by atoms with E-state index in [9.17, 15) is 15.2 Å². The van der Waals surface area contributed by atoms with Crippen molar-refractivity contribution in [1.82, 2.24) is 5.32 Å². The summed E-state index contributed by atoms with van der Waals surface area (Å²) in [5.41, 5.74) is 0.202. The monoisotopic (exact) mass is 228 g/mol. The topological polar surface area (TPSA) is 75.4 Å². The van der Waals surface area contributed by atoms with E-state index in [0.29, 0.717) is 5.56 Å². The summed E-state index contributed by atoms with van der Waals surface area (Å²) >= 11 is 5.72. The average Bonchev–Trinajstić information content (AvgIpc) is 2.09. The first-order chi connectivity index (χ1) is 7.11. The number of nitro benzene ring substituents is 1. The van der Waals surface area contributed by atoms with Crippen LogP contribution in [-0.2, 0) is 0 Å². The lowest BCUT2D eigenvalue weighted by Crippen LogP contribution is -2.35. The second kappa shape index (κ2) is 3.67. The third-order valence-electron chi connectivity index (χ3n) is 2.51. The van der Waals surface area contributed by atoms with Crippen molar-refractivity contribution < 1.29 is 10.0 Å². The molecule has 1 aliphatic heterocycles. The molecule has 0 unspecified atom stereocenters. The highest BCUT2D eigenvalue weighted by atomic mass is 35.5. The van der Waals surface area contributed by atoms with Crippen molar-refractivity contribution >= 4 is 17.3 Å². The van der Waals surface area contributed by atoms with Crippen LogP contribution in [0.25, 0.3) is 0 Å². The molecule has 1 atom stereocenters. The number of nitrogens with zero attached hydrogens (tertiary/aromatic N) is 1. The first-order valence-electron chi connectivity index (χ1n) is 4.50. The van der Waals surface area contributed by atoms with Gasteiger partial charge >= 0.3 is 0 Å². The van der Waals surface area contributed by atoms with Crippen molar-refractivity contribution in [2.75, 3.05) is 6.54 Å². The Balaban J connectivity index is 2.54. The van der Waals surface area contributed by atoms with Gasteiger partial charge in [-0.3, -0.25) is 10.1 Å². The molecule has 1 fully saturated rings. The van der Waals surface area contributed by atoms with Gasteiger partial charge in [-0.2, -0.15) is 0 Å². The molecule has 15 heavy (non-hydrogen) atoms. The smallest absolute Gasteiger partial charge is 0.278 e. The summed E-state index contributed by atoms with van der Waals surface area (Å²) < 4.78 is 0. The number of phenolic OH excluding ortho intramolecular Hbond substituents is 1. The number of nitrogens with one attached hydrogen (secondary N) is 1. The third-order valence-corrected chi connectivity index (χ3v) is 2.82. The number of nitro groups is 1. The van der Waals surface area contributed by atoms with Crippen LogP contribution < -0.4 is 5.32 Å². The van der Waals surface area contributed by atoms with Gasteiger partial charge < -0.3 is 10.4 Å². The van der Waals surface area contributed by atoms with Crippen LogP contribution in [0.15, 0.2) is 12.1 Å². The lowest BCUT2D eigenvalue weighted by molar-refractivity contribution is -0.386. The zero-order chi connectivity index (χ0) is 11.0. The van der Waals surface area contributed by atoms with Gasteiger partial charge in [0, 0.05) is 12.1 Å². The second-order valence-electron chi connectivity index (χ2n) is 3.38. The summed E-state index contributed by atoms with van der Waals surface area (Å²) in [4.78, 5) is 10.2. The summed E-state index contributed by atoms with van der Waals surface area (Å²) in [5.74, 6) is -0.192. The minimum absolute atomic E-state index is 0.0888. The standard InChI is InChI=1S/C9H9ClN2O3/c10-5-1-2-7(12(14)15)8(9(5)13)6-3-4-11-6/h1-2,6,11,13H,3-4H2/t6-/m1/s1. The molecule has 0 saturated carbocycles. The van der Waals surface area contributed by atoms with E-state index in [1.807, 2.05) is 0 Å². The highest BCUT2D eigenvalue weighted by Crippen LogP contribution is 2.41. The molecule has 5 nitrogen and oxygen atoms in total. The molecule has 1 heterocycles. The molecule has 0 aliphatic carbocycles. The molecule has 1 aromatic rings. The number of aromatic hydroxyl groups is 1. The molecule has 1 saturated heterocycles. The van der Waals surface area contributed by atoms with Gasteiger partial charge in [0.05, 0.1) is 15.5 Å². The van der Waals surface area contributed by atoms with Crippen LogP contribution in [0, 0.1) is 10.1 Å². The Labute approximate surface area is 90.8 Å². The van der Waals surface area contributed by atoms with E-state index in [1.165, 1.54) is 12.1 Å². The number of hydrogen-bond donors (Lipinski definition) is 2. The highest BCUT2D eigenvalue weighted by molar-refractivity contribution is 6.32. The summed E-state index contributed by atoms with van der Waals surface area (Å²) in [6, 6.07) is 2.48. The minimum atomic E-state index is -0.509. The molecule has 1 aromatic carbocycles. The van der Waals surface area contributed by atoms with Crippen LogP contribution in [0.2, 0.25) is 5.02 Å². The van der Waals surface area contributed by atoms with Gasteiger partial charge in [0.15, 0.2) is 0 Å². The van der Waals surface area contributed by atoms with Gasteiger partial charge in [0.1, 0.15) is 5.75 Å². The Morgan fingerprint density at radius 2 is 2.27 bits per heavy atom. The van der Waals surface area contributed by atoms with E-state index < -0.39 is 4.92 Å². The van der Waals surface area contributed by atoms with E-state index in [2.05, 4.69) is 5.32 Å². The number of hydrogen-bond acceptors (Lipinski definition) is 4. The van der Waals surface area contributed by atoms with Crippen molar-refractivity contribution in [3.8, 4) is 5.75 Å². The van der Waals surface area contributed by atoms with Crippen LogP contribution in [0.4, 0.5) is 5.69 Å². The van der Waals surface area contributed by atoms with E-state index in [-0.39, 0.29) is 22.5 Å². The number of halogens is 1. The van der Waals surface area contributed by atoms with Crippen LogP contribution in [0.3, 0.4) is 0 Å². The van der Waals surface area contributed by atoms with Crippen molar-refractivity contribution in [3.05, 3.63) is 32.8 Å². The maximum atomic E-state index is 10.8. The van der Waals surface area contributed by atoms with Crippen LogP contribution in [0.5, 0.6) is 5.75 Å². The molecule has 2 N–H and O–H groups in total. The molecule has 2 rings (SSSR count). The molecule has 6 heteroatoms. The quantitative estimate of drug-likeness (QED) is 0.600. The fourth-order valence-electron chi connectivity index (χ4n) is 1.61. The maximum absolute atomic E-state index is 10.8. The Hall–Kier alpha value is -1.33. The third kappa shape index (κ3) is 1.64. The SMILES string of the molecule is O=[N+]([O-])c1ccc(Cl)c(O)c1[C@H]1CCN1. The van der Waals surface area contributed by atoms with Gasteiger partial charge in [-0.15, -0.1) is 0 Å². The lowest BCUT2D eigenvalue weighted by atomic mass is 9.95. The molecule has 0 spiro atoms. The minimum Gasteiger partial charge on any atom is -0.506 e. The Bertz CT molecular complexity index is 418. The first kappa shape index (κ1) is 10.2. The van der Waals surface area contributed by atoms with Crippen molar-refractivity contribution in [2.24, 2.45) is 0 Å². The summed E-state index contributed by atoms with van der Waals surface area (Å²) in [6.07, 6.45) is 0.773. The van der Waals surface area contributed by atoms with Gasteiger partial charge in [-0.25, -0.2) is 0 Å². The predicted octanol–water partition coefficient (Wildman–Crippen LogP) is 1.99. The van der Waals surface area contributed by atoms with E-state index >= 15 is 0 Å². The molecular weight excluding hydrogens is 220 g/mol. The van der Waals surface area contributed by atoms with Crippen molar-refractivity contribution in [2.45, 2.75) is 12.5 Å². The number of benzene rings is 1. The lowest BCUT2D eigenvalue weighted by Gasteiger charge is -2.28. The van der Waals surface area contributed by atoms with Gasteiger partial charge in [0.2, 0.25) is 0 Å². The molecule has 80 valence electrons. The van der Waals surface area contributed by atoms with Gasteiger partial charge in [0.25, 0.3) is 5.69 Å². The van der Waals surface area contributed by atoms with E-state index in [0.717, 1.165) is 13.0 Å². The Morgan fingerprint density at radius 3 is 2.73 bits per heavy atom. The summed E-state index contributed by atoms with van der Waals surface area (Å²) in [7, 11) is 0. The fourth-order valence-corrected chi connectivity index (χ4v) is 1.77. The van der Waals surface area contributed by atoms with Crippen LogP contribution >= 0.6 is 11.6 Å². The highest BCUT2D eigenvalue weighted by Gasteiger charge is 2.30. The molecule has 0 bridgehead atoms. The summed E-state index contributed by atoms with van der Waals surface area (Å²) in [5, 5.41) is 23.6. The van der Waals surface area contributed by atoms with E-state index in [1.54, 1.807) is 0 Å². The van der Waals surface area contributed by atoms with E-state index in [4.69, 9.17) is 11.6 Å². The molecular formula is C9H9ClN2O3. The summed E-state index contributed by atoms with van der Waals surface area (Å²) in [6.45, 7) is 0.799. The first-order valence-corrected chi connectivity index (χ1v) is 4.88. The second-order valence-corrected chi connectivity index (χ2v) is 3.79. The van der Waals surface area contributed by atoms with Gasteiger partial charge in [-0.1, -0.05) is 11.6 Å². The normalized spacial score (nSPS) is 19.7. The Kier molecular flexibility index (Phi) is 2.50. The fraction of sp³-hybridized carbons (Fsp3) is 0.333. The predicted molar refractivity (Wildman–Crippen MR) is 55.1 cm³/mol. The molecule has 0 amide bonds. The zero-order valence-electron chi connectivity index (χ0n) is 7.74. The zero-order valence-corrected chi connectivity index (χ0v) is 8.49. The largest absolute Gasteiger partial charge is 0.506 e. The number of rotatable bonds is 2. The molecule has 0 radical (unpaired) electrons. The van der Waals surface area contributed by atoms with Gasteiger partial charge in [-0.05, 0) is 19.0 Å². The average molecular weight is 229 g/mol. The number of phenols is 1. The maximum Gasteiger partial charge on any atom is 0.278 e. The van der Waals surface area contributed by atoms with Crippen molar-refractivity contribution in [1.29, 1.82) is 0 Å². The molecule has 0 aromatic heterocycles. The van der Waals surface area contributed by atoms with Crippen LogP contribution in [-0.4, -0.2) is 16.6 Å².